The highest BCUT2D eigenvalue weighted by Crippen LogP contribution is 2.65. The molecule has 3 rings (SSSR count). The normalized spacial score (nSPS) is 43.3. The van der Waals surface area contributed by atoms with Gasteiger partial charge in [-0.15, -0.1) is 0 Å². The van der Waals surface area contributed by atoms with Crippen LogP contribution in [-0.2, 0) is 19.2 Å². The van der Waals surface area contributed by atoms with Crippen LogP contribution < -0.4 is 21.7 Å². The van der Waals surface area contributed by atoms with Crippen LogP contribution in [-0.4, -0.2) is 64.6 Å². The van der Waals surface area contributed by atoms with Crippen molar-refractivity contribution in [2.24, 2.45) is 34.3 Å². The first-order valence-electron chi connectivity index (χ1n) is 23.9. The number of nitrogens with one attached hydrogen (secondary N) is 3. The Hall–Kier alpha value is -2.65. The van der Waals surface area contributed by atoms with Crippen LogP contribution in [0.25, 0.3) is 0 Å². The summed E-state index contributed by atoms with van der Waals surface area (Å²) in [5, 5.41) is 5.59. The van der Waals surface area contributed by atoms with Crippen LogP contribution in [0.2, 0.25) is 0 Å². The molecular formula is C28H47N5O5. The lowest BCUT2D eigenvalue weighted by Crippen LogP contribution is -2.60. The van der Waals surface area contributed by atoms with Gasteiger partial charge < -0.3 is 26.6 Å². The predicted molar refractivity (Wildman–Crippen MR) is 144 cm³/mol. The number of urea groups is 1. The summed E-state index contributed by atoms with van der Waals surface area (Å²) >= 11 is 0. The molecule has 3 aliphatic rings. The highest BCUT2D eigenvalue weighted by atomic mass is 16.2. The van der Waals surface area contributed by atoms with E-state index in [4.69, 9.17) is 40.0 Å². The van der Waals surface area contributed by atoms with Gasteiger partial charge in [-0.3, -0.25) is 19.2 Å². The first kappa shape index (κ1) is 10.7. The number of nitrogens with two attached hydrogens (primary N) is 1. The number of rotatable bonds is 9. The molecule has 10 heteroatoms. The molecule has 0 bridgehead atoms. The molecule has 1 heterocycles. The second kappa shape index (κ2) is 10.5. The maximum Gasteiger partial charge on any atom is 0.315 e. The second-order valence-electron chi connectivity index (χ2n) is 10.4. The Morgan fingerprint density at radius 2 is 1.84 bits per heavy atom. The molecule has 2 saturated carbocycles. The summed E-state index contributed by atoms with van der Waals surface area (Å²) in [6.07, 6.45) is -18.2. The largest absolute Gasteiger partial charge is 0.363 e. The number of nitrogens with zero attached hydrogens (tertiary/aromatic N) is 1. The van der Waals surface area contributed by atoms with Gasteiger partial charge >= 0.3 is 6.03 Å². The Bertz CT molecular complexity index is 1830. The zero-order valence-electron chi connectivity index (χ0n) is 45.8. The minimum Gasteiger partial charge on any atom is -0.363 e. The van der Waals surface area contributed by atoms with Gasteiger partial charge in [0.05, 0.1) is 7.39 Å². The van der Waals surface area contributed by atoms with Gasteiger partial charge in [-0.2, -0.15) is 0 Å². The van der Waals surface area contributed by atoms with E-state index in [1.165, 1.54) is 26.1 Å². The van der Waals surface area contributed by atoms with Crippen molar-refractivity contribution in [2.45, 2.75) is 111 Å². The molecule has 0 spiro atoms. The molecule has 1 saturated heterocycles. The summed E-state index contributed by atoms with van der Waals surface area (Å²) in [7, 11) is 0. The topological polar surface area (TPSA) is 151 Å². The Morgan fingerprint density at radius 1 is 1.18 bits per heavy atom. The summed E-state index contributed by atoms with van der Waals surface area (Å²) < 4.78 is 205. The van der Waals surface area contributed by atoms with Gasteiger partial charge in [-0.1, -0.05) is 53.4 Å². The van der Waals surface area contributed by atoms with E-state index in [-0.39, 0.29) is 4.90 Å². The Kier molecular flexibility index (Phi) is 2.96. The minimum absolute atomic E-state index is 0.202. The number of primary amides is 1. The molecule has 3 fully saturated rings. The zero-order valence-corrected chi connectivity index (χ0v) is 20.8. The number of likely N-dealkylation sites (tertiary alicyclic amines) is 1. The van der Waals surface area contributed by atoms with E-state index in [2.05, 4.69) is 5.32 Å². The molecule has 5 atom stereocenters. The monoisotopic (exact) mass is 559 g/mol. The van der Waals surface area contributed by atoms with Crippen LogP contribution in [0.1, 0.15) is 121 Å². The van der Waals surface area contributed by atoms with Crippen molar-refractivity contribution in [3.05, 3.63) is 0 Å². The fourth-order valence-electron chi connectivity index (χ4n) is 4.29. The van der Waals surface area contributed by atoms with Gasteiger partial charge in [-0.05, 0) is 62.1 Å². The maximum absolute atomic E-state index is 14.8. The van der Waals surface area contributed by atoms with Gasteiger partial charge in [0.1, 0.15) is 12.1 Å². The molecular weight excluding hydrogens is 486 g/mol. The first-order valence-corrected chi connectivity index (χ1v) is 11.4. The van der Waals surface area contributed by atoms with Crippen LogP contribution in [0.4, 0.5) is 4.79 Å². The van der Waals surface area contributed by atoms with Crippen LogP contribution in [0.15, 0.2) is 0 Å². The Balaban J connectivity index is 2.42. The van der Waals surface area contributed by atoms with Crippen LogP contribution >= 0.6 is 0 Å². The third kappa shape index (κ3) is 6.86. The molecule has 1 aliphatic heterocycles. The van der Waals surface area contributed by atoms with Crippen LogP contribution in [0.3, 0.4) is 0 Å². The number of carbonyl (C=O) groups excluding carboxylic acids is 5. The number of hydrogen-bond acceptors (Lipinski definition) is 5. The SMILES string of the molecule is [2H]C([2H])([2H])C1(C([2H])([2H])[2H])[C@@H]2[C@@H](C(=O)NC([2H])(C(=O)C(N)=O)C([2H])([2H])C3([2H])C([2H])([2H])C([2H])([2H])C3([2H])[2H])N(C(=O)[C@H](CC(C([2H])([2H])[2H])(C([2H])([2H])[2H])C([2H])([2H])[2H])NC(=O)NC(C)(C)C)C[C@@H]21. The number of fused-ring (bicyclic) bond motifs is 1. The van der Waals surface area contributed by atoms with Gasteiger partial charge in [-0.25, -0.2) is 4.79 Å². The number of piperidine rings is 1. The van der Waals surface area contributed by atoms with Crippen molar-refractivity contribution in [3.8, 4) is 0 Å². The van der Waals surface area contributed by atoms with Crippen molar-refractivity contribution in [1.82, 2.24) is 20.9 Å². The zero-order chi connectivity index (χ0) is 50.3. The van der Waals surface area contributed by atoms with Gasteiger partial charge in [0.25, 0.3) is 5.91 Å². The molecule has 0 aromatic rings. The van der Waals surface area contributed by atoms with Gasteiger partial charge in [0, 0.05) is 45.0 Å². The third-order valence-corrected chi connectivity index (χ3v) is 5.98. The van der Waals surface area contributed by atoms with E-state index < -0.39 is 154 Å². The smallest absolute Gasteiger partial charge is 0.315 e. The third-order valence-electron chi connectivity index (χ3n) is 5.98. The van der Waals surface area contributed by atoms with Crippen LogP contribution in [0, 0.1) is 28.6 Å². The number of ketones is 1. The van der Waals surface area contributed by atoms with Crippen molar-refractivity contribution < 1.29 is 58.2 Å². The summed E-state index contributed by atoms with van der Waals surface area (Å²) in [5.74, 6) is -17.2. The van der Waals surface area contributed by atoms with E-state index in [1.54, 1.807) is 0 Å². The lowest BCUT2D eigenvalue weighted by atomic mass is 9.80. The first-order chi connectivity index (χ1) is 27.3. The molecule has 0 aromatic heterocycles. The molecule has 5 N–H and O–H groups in total. The Morgan fingerprint density at radius 3 is 2.39 bits per heavy atom. The number of carbonyl (C=O) groups is 5. The molecule has 214 valence electrons. The van der Waals surface area contributed by atoms with Crippen LogP contribution in [0.5, 0.6) is 0 Å². The molecule has 0 aromatic carbocycles. The van der Waals surface area contributed by atoms with E-state index >= 15 is 0 Å². The number of Topliss-reactive ketones (excluding diaryl/α,β-unsaturated/α-hetero) is 1. The molecule has 0 radical (unpaired) electrons. The average molecular weight is 559 g/mol. The van der Waals surface area contributed by atoms with Gasteiger partial charge in [0.2, 0.25) is 17.6 Å². The van der Waals surface area contributed by atoms with Gasteiger partial charge in [0.15, 0.2) is 0 Å². The number of hydrogen-bond donors (Lipinski definition) is 4. The summed E-state index contributed by atoms with van der Waals surface area (Å²) in [6.45, 7) is -16.3. The fraction of sp³-hybridized carbons (Fsp3) is 0.821. The quantitative estimate of drug-likeness (QED) is 0.320. The van der Waals surface area contributed by atoms with E-state index in [0.29, 0.717) is 0 Å². The second-order valence-corrected chi connectivity index (χ2v) is 10.4. The van der Waals surface area contributed by atoms with E-state index in [0.717, 1.165) is 0 Å². The Labute approximate surface area is 261 Å². The summed E-state index contributed by atoms with van der Waals surface area (Å²) in [6, 6.07) is -11.3. The minimum atomic E-state index is -4.60. The van der Waals surface area contributed by atoms with E-state index in [9.17, 15) is 24.0 Å². The van der Waals surface area contributed by atoms with Crippen molar-refractivity contribution in [2.75, 3.05) is 6.54 Å². The molecule has 2 aliphatic carbocycles. The standard InChI is InChI=1S/C28H47N5O5/c1-26(2,3)13-18(31-25(38)32-27(4,5)6)24(37)33-14-16-19(28(16,7)8)20(33)23(36)30-17(21(34)22(29)35)12-15-10-9-11-15/h15-20H,9-14H2,1-8H3,(H2,29,35)(H,30,36)(H2,31,32,38)/t16-,17?,18-,19-,20-/m0/s1/i1D3,2D3,3D3,7D3,8D3,9D2,10D2,11D2,12D2,15D,17D. The summed E-state index contributed by atoms with van der Waals surface area (Å²) in [5.41, 5.74) is -3.04. The predicted octanol–water partition coefficient (Wildman–Crippen LogP) is 2.10. The van der Waals surface area contributed by atoms with Crippen molar-refractivity contribution in [3.63, 3.8) is 0 Å². The van der Waals surface area contributed by atoms with E-state index in [1.807, 2.05) is 5.32 Å². The highest BCUT2D eigenvalue weighted by Gasteiger charge is 2.69. The molecule has 38 heavy (non-hydrogen) atoms. The lowest BCUT2D eigenvalue weighted by molar-refractivity contribution is -0.144. The number of amides is 5. The molecule has 10 nitrogen and oxygen atoms in total. The molecule has 5 amide bonds. The highest BCUT2D eigenvalue weighted by molar-refractivity contribution is 6.37. The summed E-state index contributed by atoms with van der Waals surface area (Å²) in [4.78, 5) is 68.8. The lowest BCUT2D eigenvalue weighted by Gasteiger charge is -2.36. The van der Waals surface area contributed by atoms with Crippen molar-refractivity contribution >= 4 is 29.5 Å². The fourth-order valence-corrected chi connectivity index (χ4v) is 4.29. The van der Waals surface area contributed by atoms with Crippen molar-refractivity contribution in [1.29, 1.82) is 0 Å². The average Bonchev–Trinajstić information content (AvgIpc) is 3.56. The molecule has 1 unspecified atom stereocenters. The maximum atomic E-state index is 14.8.